The number of hydrogen-bond donors (Lipinski definition) is 1. The molecule has 0 saturated heterocycles. The summed E-state index contributed by atoms with van der Waals surface area (Å²) >= 11 is 20.2. The average molecular weight is 768 g/mol. The van der Waals surface area contributed by atoms with Gasteiger partial charge < -0.3 is 5.11 Å². The Balaban J connectivity index is 5.84. The normalized spacial score (nSPS) is 16.0. The number of alkyl halides is 6. The van der Waals surface area contributed by atoms with Crippen LogP contribution in [0.15, 0.2) is 12.7 Å². The molecule has 0 bridgehead atoms. The van der Waals surface area contributed by atoms with Crippen LogP contribution < -0.4 is 0 Å². The van der Waals surface area contributed by atoms with Crippen LogP contribution in [0.25, 0.3) is 0 Å². The first-order valence-electron chi connectivity index (χ1n) is 6.87. The van der Waals surface area contributed by atoms with Crippen molar-refractivity contribution in [2.45, 2.75) is 40.8 Å². The van der Waals surface area contributed by atoms with Gasteiger partial charge in [0.05, 0.1) is 0 Å². The second kappa shape index (κ2) is 10.1. The lowest BCUT2D eigenvalue weighted by molar-refractivity contribution is -0.0379. The highest BCUT2D eigenvalue weighted by molar-refractivity contribution is 9.25. The van der Waals surface area contributed by atoms with Gasteiger partial charge in [-0.05, 0) is 69.8 Å². The van der Waals surface area contributed by atoms with Crippen molar-refractivity contribution in [3.63, 3.8) is 0 Å². The maximum absolute atomic E-state index is 13.3. The van der Waals surface area contributed by atoms with E-state index in [1.165, 1.54) is 0 Å². The molecule has 0 amide bonds. The van der Waals surface area contributed by atoms with Crippen LogP contribution in [0.4, 0.5) is 0 Å². The first kappa shape index (κ1) is 27.7. The molecule has 0 aromatic rings. The van der Waals surface area contributed by atoms with Gasteiger partial charge in [0.25, 0.3) is 0 Å². The van der Waals surface area contributed by atoms with Crippen molar-refractivity contribution in [1.29, 1.82) is 0 Å². The minimum absolute atomic E-state index is 0.501. The largest absolute Gasteiger partial charge is 0.481 e. The molecule has 0 radical (unpaired) electrons. The van der Waals surface area contributed by atoms with Gasteiger partial charge in [0.2, 0.25) is 0 Å². The number of hydrogen-bond acceptors (Lipinski definition) is 5. The molecule has 0 aliphatic carbocycles. The number of phosphoric ester groups is 1. The Labute approximate surface area is 199 Å². The third-order valence-electron chi connectivity index (χ3n) is 3.14. The van der Waals surface area contributed by atoms with Gasteiger partial charge in [-0.15, -0.1) is 0 Å². The molecule has 1 unspecified atom stereocenters. The Hall–Kier alpha value is 2.69. The maximum atomic E-state index is 13.3. The fourth-order valence-corrected chi connectivity index (χ4v) is 7.43. The molecule has 0 spiro atoms. The summed E-state index contributed by atoms with van der Waals surface area (Å²) in [6, 6.07) is 0. The zero-order valence-corrected chi connectivity index (χ0v) is 24.5. The van der Waals surface area contributed by atoms with Crippen molar-refractivity contribution >= 4 is 103 Å². The molecule has 0 aliphatic rings. The van der Waals surface area contributed by atoms with Crippen molar-refractivity contribution in [3.05, 3.63) is 12.7 Å². The molecule has 5 nitrogen and oxygen atoms in total. The Bertz CT molecular complexity index is 477. The van der Waals surface area contributed by atoms with Crippen LogP contribution in [0.1, 0.15) is 27.7 Å². The van der Waals surface area contributed by atoms with Crippen LogP contribution >= 0.6 is 103 Å². The van der Waals surface area contributed by atoms with E-state index in [4.69, 9.17) is 13.6 Å². The molecule has 0 aromatic carbocycles. The number of aliphatic hydroxyl groups is 1. The smallest absolute Gasteiger partial charge is 0.364 e. The van der Waals surface area contributed by atoms with Crippen molar-refractivity contribution in [1.82, 2.24) is 0 Å². The summed E-state index contributed by atoms with van der Waals surface area (Å²) in [4.78, 5) is 0. The van der Waals surface area contributed by atoms with E-state index in [1.54, 1.807) is 0 Å². The molecule has 12 heteroatoms. The summed E-state index contributed by atoms with van der Waals surface area (Å²) in [7, 11) is -4.30. The quantitative estimate of drug-likeness (QED) is 0.103. The van der Waals surface area contributed by atoms with E-state index in [9.17, 15) is 9.67 Å². The number of halogens is 6. The van der Waals surface area contributed by atoms with Crippen molar-refractivity contribution in [2.75, 3.05) is 10.7 Å². The fraction of sp³-hybridized carbons (Fsp3) is 0.846. The van der Waals surface area contributed by atoms with Crippen LogP contribution in [0, 0.1) is 10.8 Å². The summed E-state index contributed by atoms with van der Waals surface area (Å²) in [6.45, 7) is 10.8. The van der Waals surface area contributed by atoms with E-state index in [-0.39, 0.29) is 0 Å². The van der Waals surface area contributed by atoms with Gasteiger partial charge >= 0.3 is 7.82 Å². The highest BCUT2D eigenvalue weighted by Crippen LogP contribution is 2.66. The van der Waals surface area contributed by atoms with E-state index in [0.717, 1.165) is 6.08 Å². The fourth-order valence-electron chi connectivity index (χ4n) is 0.920. The van der Waals surface area contributed by atoms with Crippen LogP contribution in [-0.4, -0.2) is 28.9 Å². The predicted molar refractivity (Wildman–Crippen MR) is 123 cm³/mol. The Kier molecular flexibility index (Phi) is 11.2. The topological polar surface area (TPSA) is 65.0 Å². The van der Waals surface area contributed by atoms with Gasteiger partial charge in [0.1, 0.15) is 0 Å². The molecule has 1 N–H and O–H groups in total. The molecule has 0 aromatic heterocycles. The van der Waals surface area contributed by atoms with Crippen LogP contribution in [0.2, 0.25) is 0 Å². The zero-order valence-electron chi connectivity index (χ0n) is 14.1. The summed E-state index contributed by atoms with van der Waals surface area (Å²) < 4.78 is 27.2. The molecule has 25 heavy (non-hydrogen) atoms. The summed E-state index contributed by atoms with van der Waals surface area (Å²) in [5, 5.41) is 10.8. The number of aliphatic hydroxyl groups excluding tert-OH is 1. The minimum Gasteiger partial charge on any atom is -0.364 e. The zero-order chi connectivity index (χ0) is 20.3. The third-order valence-corrected chi connectivity index (χ3v) is 13.4. The second-order valence-corrected chi connectivity index (χ2v) is 15.6. The molecule has 150 valence electrons. The van der Waals surface area contributed by atoms with Gasteiger partial charge in [-0.2, -0.15) is 0 Å². The Morgan fingerprint density at radius 3 is 1.56 bits per heavy atom. The monoisotopic (exact) mass is 762 g/mol. The Morgan fingerprint density at radius 1 is 1.00 bits per heavy atom. The number of phosphoric acid groups is 1. The van der Waals surface area contributed by atoms with Crippen molar-refractivity contribution < 1.29 is 23.2 Å². The average Bonchev–Trinajstić information content (AvgIpc) is 2.44. The van der Waals surface area contributed by atoms with Gasteiger partial charge in [0.15, 0.2) is 13.1 Å². The van der Waals surface area contributed by atoms with Crippen LogP contribution in [0.5, 0.6) is 0 Å². The first-order chi connectivity index (χ1) is 11.0. The summed E-state index contributed by atoms with van der Waals surface area (Å²) in [6.07, 6.45) is -0.476. The molecule has 0 rings (SSSR count). The molecule has 0 aliphatic heterocycles. The van der Waals surface area contributed by atoms with Gasteiger partial charge in [-0.25, -0.2) is 4.57 Å². The second-order valence-electron chi connectivity index (χ2n) is 6.43. The molecule has 0 saturated carbocycles. The molecular formula is C13H21Br6O5P. The van der Waals surface area contributed by atoms with E-state index in [1.807, 2.05) is 27.7 Å². The maximum Gasteiger partial charge on any atom is 0.481 e. The van der Waals surface area contributed by atoms with E-state index < -0.39 is 31.8 Å². The van der Waals surface area contributed by atoms with Gasteiger partial charge in [-0.3, -0.25) is 13.6 Å². The van der Waals surface area contributed by atoms with Gasteiger partial charge in [0, 0.05) is 21.5 Å². The predicted octanol–water partition coefficient (Wildman–Crippen LogP) is 7.38. The lowest BCUT2D eigenvalue weighted by Crippen LogP contribution is -2.40. The van der Waals surface area contributed by atoms with Gasteiger partial charge in [-0.1, -0.05) is 66.1 Å². The highest BCUT2D eigenvalue weighted by atomic mass is 79.9. The highest BCUT2D eigenvalue weighted by Gasteiger charge is 2.54. The number of rotatable bonds is 11. The van der Waals surface area contributed by atoms with E-state index in [2.05, 4.69) is 102 Å². The van der Waals surface area contributed by atoms with Crippen LogP contribution in [-0.2, 0) is 18.1 Å². The van der Waals surface area contributed by atoms with E-state index >= 15 is 0 Å². The molecular weight excluding hydrogens is 747 g/mol. The first-order valence-corrected chi connectivity index (χ1v) is 13.7. The molecule has 1 atom stereocenters. The third kappa shape index (κ3) is 7.79. The Morgan fingerprint density at radius 2 is 1.32 bits per heavy atom. The standard InChI is InChI=1S/C13H21Br6O5P/c1-6-9(20)22-25(21,23-12(16,17)10(2,3)7-14)24-13(18,19)11(4,5)8-15/h6,9,20H,1,7-8H2,2-5H3. The SMILES string of the molecule is C=CC(O)OP(=O)(OC(Br)(Br)C(C)(C)CBr)OC(Br)(Br)C(C)(C)CBr. The molecule has 0 fully saturated rings. The molecule has 0 heterocycles. The van der Waals surface area contributed by atoms with E-state index in [0.29, 0.717) is 10.7 Å². The van der Waals surface area contributed by atoms with Crippen molar-refractivity contribution in [2.24, 2.45) is 10.8 Å². The summed E-state index contributed by atoms with van der Waals surface area (Å²) in [5.74, 6) is 0. The van der Waals surface area contributed by atoms with Crippen LogP contribution in [0.3, 0.4) is 0 Å². The lowest BCUT2D eigenvalue weighted by Gasteiger charge is -2.41. The lowest BCUT2D eigenvalue weighted by atomic mass is 9.98. The minimum atomic E-state index is -4.30. The van der Waals surface area contributed by atoms with Crippen molar-refractivity contribution in [3.8, 4) is 0 Å². The summed E-state index contributed by atoms with van der Waals surface area (Å²) in [5.41, 5.74) is -1.14.